The van der Waals surface area contributed by atoms with E-state index in [0.717, 1.165) is 17.9 Å². The number of methoxy groups -OCH3 is 3. The summed E-state index contributed by atoms with van der Waals surface area (Å²) in [4.78, 5) is 0. The maximum atomic E-state index is 5.76. The van der Waals surface area contributed by atoms with Gasteiger partial charge in [0.25, 0.3) is 5.22 Å². The largest absolute Gasteiger partial charge is 0.494 e. The van der Waals surface area contributed by atoms with Crippen LogP contribution in [0.25, 0.3) is 11.5 Å². The summed E-state index contributed by atoms with van der Waals surface area (Å²) in [5.41, 5.74) is 0.696. The van der Waals surface area contributed by atoms with E-state index < -0.39 is 0 Å². The minimum Gasteiger partial charge on any atom is -0.494 e. The Balaban J connectivity index is 1.58. The monoisotopic (exact) mass is 402 g/mol. The molecule has 0 radical (unpaired) electrons. The Hall–Kier alpha value is -2.87. The second kappa shape index (κ2) is 9.89. The van der Waals surface area contributed by atoms with Crippen molar-refractivity contribution >= 4 is 11.8 Å². The third-order valence-electron chi connectivity index (χ3n) is 3.84. The van der Waals surface area contributed by atoms with Gasteiger partial charge in [-0.25, -0.2) is 0 Å². The predicted molar refractivity (Wildman–Crippen MR) is 107 cm³/mol. The molecule has 0 bridgehead atoms. The van der Waals surface area contributed by atoms with Crippen LogP contribution in [0.2, 0.25) is 0 Å². The summed E-state index contributed by atoms with van der Waals surface area (Å²) < 4.78 is 27.5. The average Bonchev–Trinajstić information content (AvgIpc) is 3.22. The lowest BCUT2D eigenvalue weighted by Gasteiger charge is -2.12. The van der Waals surface area contributed by atoms with Crippen LogP contribution in [0.4, 0.5) is 0 Å². The summed E-state index contributed by atoms with van der Waals surface area (Å²) in [5, 5.41) is 8.72. The minimum absolute atomic E-state index is 0.391. The van der Waals surface area contributed by atoms with Gasteiger partial charge in [0.05, 0.1) is 27.9 Å². The number of thioether (sulfide) groups is 1. The molecule has 148 valence electrons. The maximum absolute atomic E-state index is 5.76. The third kappa shape index (κ3) is 4.89. The van der Waals surface area contributed by atoms with Crippen molar-refractivity contribution in [2.24, 2.45) is 0 Å². The first-order valence-electron chi connectivity index (χ1n) is 8.69. The van der Waals surface area contributed by atoms with E-state index in [9.17, 15) is 0 Å². The topological polar surface area (TPSA) is 75.8 Å². The molecule has 28 heavy (non-hydrogen) atoms. The fraction of sp³-hybridized carbons (Fsp3) is 0.300. The molecule has 0 spiro atoms. The average molecular weight is 402 g/mol. The third-order valence-corrected chi connectivity index (χ3v) is 4.75. The molecule has 0 N–H and O–H groups in total. The summed E-state index contributed by atoms with van der Waals surface area (Å²) in [5.74, 6) is 3.65. The first kappa shape index (κ1) is 19.9. The Labute approximate surface area is 168 Å². The van der Waals surface area contributed by atoms with Crippen molar-refractivity contribution in [1.29, 1.82) is 0 Å². The van der Waals surface area contributed by atoms with Gasteiger partial charge in [-0.2, -0.15) is 0 Å². The van der Waals surface area contributed by atoms with Crippen molar-refractivity contribution in [3.8, 4) is 34.5 Å². The zero-order valence-electron chi connectivity index (χ0n) is 16.0. The molecule has 3 rings (SSSR count). The molecule has 0 saturated carbocycles. The normalized spacial score (nSPS) is 10.5. The van der Waals surface area contributed by atoms with Gasteiger partial charge in [-0.1, -0.05) is 30.0 Å². The molecule has 3 aromatic rings. The molecular formula is C20H22N2O5S. The maximum Gasteiger partial charge on any atom is 0.276 e. The smallest absolute Gasteiger partial charge is 0.276 e. The fourth-order valence-electron chi connectivity index (χ4n) is 2.51. The lowest BCUT2D eigenvalue weighted by molar-refractivity contribution is 0.318. The van der Waals surface area contributed by atoms with E-state index in [1.165, 1.54) is 11.8 Å². The zero-order valence-corrected chi connectivity index (χ0v) is 16.8. The fourth-order valence-corrected chi connectivity index (χ4v) is 3.19. The summed E-state index contributed by atoms with van der Waals surface area (Å²) >= 11 is 1.49. The van der Waals surface area contributed by atoms with Gasteiger partial charge in [-0.3, -0.25) is 0 Å². The Bertz CT molecular complexity index is 860. The van der Waals surface area contributed by atoms with Crippen LogP contribution in [0, 0.1) is 0 Å². The van der Waals surface area contributed by atoms with E-state index in [1.54, 1.807) is 33.5 Å². The Morgan fingerprint density at radius 2 is 1.64 bits per heavy atom. The Kier molecular flexibility index (Phi) is 7.02. The lowest BCUT2D eigenvalue weighted by atomic mass is 10.2. The van der Waals surface area contributed by atoms with Crippen LogP contribution in [0.1, 0.15) is 6.42 Å². The minimum atomic E-state index is 0.391. The number of ether oxygens (including phenoxy) is 4. The van der Waals surface area contributed by atoms with Gasteiger partial charge >= 0.3 is 0 Å². The highest BCUT2D eigenvalue weighted by Gasteiger charge is 2.17. The number of para-hydroxylation sites is 1. The molecule has 2 aromatic carbocycles. The molecule has 0 saturated heterocycles. The molecule has 0 aliphatic rings. The number of nitrogens with zero attached hydrogens (tertiary/aromatic N) is 2. The summed E-state index contributed by atoms with van der Waals surface area (Å²) in [6.07, 6.45) is 0.863. The number of hydrogen-bond acceptors (Lipinski definition) is 8. The quantitative estimate of drug-likeness (QED) is 0.366. The van der Waals surface area contributed by atoms with Gasteiger partial charge in [-0.15, -0.1) is 10.2 Å². The van der Waals surface area contributed by atoms with Crippen LogP contribution in [0.15, 0.2) is 52.1 Å². The highest BCUT2D eigenvalue weighted by atomic mass is 32.2. The molecule has 8 heteroatoms. The van der Waals surface area contributed by atoms with E-state index >= 15 is 0 Å². The van der Waals surface area contributed by atoms with E-state index in [2.05, 4.69) is 10.2 Å². The van der Waals surface area contributed by atoms with Crippen molar-refractivity contribution in [2.75, 3.05) is 33.7 Å². The molecule has 7 nitrogen and oxygen atoms in total. The molecule has 0 fully saturated rings. The first-order valence-corrected chi connectivity index (χ1v) is 9.68. The van der Waals surface area contributed by atoms with Gasteiger partial charge in [0.15, 0.2) is 11.5 Å². The molecule has 1 heterocycles. The standard InChI is InChI=1S/C20H22N2O5S/c1-23-16-12-14(13-17(24-2)18(16)25-3)19-21-22-20(27-19)28-11-7-10-26-15-8-5-4-6-9-15/h4-6,8-9,12-13H,7,10-11H2,1-3H3. The van der Waals surface area contributed by atoms with Crippen molar-refractivity contribution < 1.29 is 23.4 Å². The number of hydrogen-bond donors (Lipinski definition) is 0. The van der Waals surface area contributed by atoms with Gasteiger partial charge < -0.3 is 23.4 Å². The molecule has 0 atom stereocenters. The predicted octanol–water partition coefficient (Wildman–Crippen LogP) is 4.32. The van der Waals surface area contributed by atoms with Crippen LogP contribution in [0.3, 0.4) is 0 Å². The first-order chi connectivity index (χ1) is 13.7. The van der Waals surface area contributed by atoms with E-state index in [0.29, 0.717) is 40.5 Å². The highest BCUT2D eigenvalue weighted by molar-refractivity contribution is 7.99. The van der Waals surface area contributed by atoms with Crippen LogP contribution in [-0.4, -0.2) is 43.9 Å². The van der Waals surface area contributed by atoms with Crippen LogP contribution < -0.4 is 18.9 Å². The Morgan fingerprint density at radius 1 is 0.929 bits per heavy atom. The molecule has 0 aliphatic heterocycles. The molecule has 0 amide bonds. The molecule has 0 unspecified atom stereocenters. The Morgan fingerprint density at radius 3 is 2.29 bits per heavy atom. The van der Waals surface area contributed by atoms with Crippen molar-refractivity contribution in [3.05, 3.63) is 42.5 Å². The number of rotatable bonds is 10. The van der Waals surface area contributed by atoms with Gasteiger partial charge in [0.1, 0.15) is 5.75 Å². The SMILES string of the molecule is COc1cc(-c2nnc(SCCCOc3ccccc3)o2)cc(OC)c1OC. The van der Waals surface area contributed by atoms with Crippen LogP contribution in [0.5, 0.6) is 23.0 Å². The summed E-state index contributed by atoms with van der Waals surface area (Å²) in [6.45, 7) is 0.630. The van der Waals surface area contributed by atoms with Crippen molar-refractivity contribution in [3.63, 3.8) is 0 Å². The van der Waals surface area contributed by atoms with Crippen molar-refractivity contribution in [2.45, 2.75) is 11.6 Å². The van der Waals surface area contributed by atoms with E-state index in [-0.39, 0.29) is 0 Å². The van der Waals surface area contributed by atoms with Crippen molar-refractivity contribution in [1.82, 2.24) is 10.2 Å². The zero-order chi connectivity index (χ0) is 19.8. The van der Waals surface area contributed by atoms with E-state index in [1.807, 2.05) is 30.3 Å². The summed E-state index contributed by atoms with van der Waals surface area (Å²) in [7, 11) is 4.68. The van der Waals surface area contributed by atoms with Crippen LogP contribution >= 0.6 is 11.8 Å². The second-order valence-electron chi connectivity index (χ2n) is 5.65. The number of benzene rings is 2. The molecule has 1 aromatic heterocycles. The van der Waals surface area contributed by atoms with Gasteiger partial charge in [0, 0.05) is 11.3 Å². The lowest BCUT2D eigenvalue weighted by Crippen LogP contribution is -1.98. The highest BCUT2D eigenvalue weighted by Crippen LogP contribution is 2.41. The van der Waals surface area contributed by atoms with E-state index in [4.69, 9.17) is 23.4 Å². The second-order valence-corrected chi connectivity index (χ2v) is 6.70. The molecule has 0 aliphatic carbocycles. The van der Waals surface area contributed by atoms with Gasteiger partial charge in [0.2, 0.25) is 11.6 Å². The van der Waals surface area contributed by atoms with Crippen LogP contribution in [-0.2, 0) is 0 Å². The summed E-state index contributed by atoms with van der Waals surface area (Å²) in [6, 6.07) is 13.3. The number of aromatic nitrogens is 2. The van der Waals surface area contributed by atoms with Gasteiger partial charge in [-0.05, 0) is 30.7 Å². The molecular weight excluding hydrogens is 380 g/mol.